The van der Waals surface area contributed by atoms with E-state index in [4.69, 9.17) is 0 Å². The molecule has 0 radical (unpaired) electrons. The van der Waals surface area contributed by atoms with Gasteiger partial charge < -0.3 is 15.2 Å². The van der Waals surface area contributed by atoms with E-state index in [1.165, 1.54) is 0 Å². The molecular formula is C20H24N4O3. The van der Waals surface area contributed by atoms with Crippen LogP contribution >= 0.6 is 0 Å². The Morgan fingerprint density at radius 3 is 2.78 bits per heavy atom. The van der Waals surface area contributed by atoms with Gasteiger partial charge in [0, 0.05) is 49.4 Å². The van der Waals surface area contributed by atoms with Gasteiger partial charge in [0.05, 0.1) is 0 Å². The van der Waals surface area contributed by atoms with Crippen molar-refractivity contribution < 1.29 is 9.59 Å². The predicted molar refractivity (Wildman–Crippen MR) is 103 cm³/mol. The molecule has 1 aliphatic rings. The van der Waals surface area contributed by atoms with Crippen LogP contribution in [0.5, 0.6) is 0 Å². The standard InChI is InChI=1S/C20H24N4O3/c1-12-15(13(2)23-20(27)22-12)8-9-18(25)21-11-14-10-19(26)24(3)17-7-5-4-6-16(14)17/h4-7,14H,8-11H2,1-3H3,(H,21,25)(H,22,23,27)/t14-/m0/s1. The Labute approximate surface area is 157 Å². The molecule has 1 aromatic carbocycles. The second-order valence-corrected chi connectivity index (χ2v) is 6.95. The molecule has 1 atom stereocenters. The van der Waals surface area contributed by atoms with E-state index in [9.17, 15) is 14.4 Å². The molecule has 2 amide bonds. The second-order valence-electron chi connectivity index (χ2n) is 6.95. The molecule has 7 heteroatoms. The van der Waals surface area contributed by atoms with Crippen LogP contribution in [0, 0.1) is 13.8 Å². The van der Waals surface area contributed by atoms with E-state index in [1.54, 1.807) is 18.9 Å². The fourth-order valence-electron chi connectivity index (χ4n) is 3.60. The number of aromatic amines is 1. The number of anilines is 1. The molecule has 2 aromatic rings. The van der Waals surface area contributed by atoms with Crippen LogP contribution in [0.1, 0.15) is 41.3 Å². The highest BCUT2D eigenvalue weighted by Crippen LogP contribution is 2.34. The Hall–Kier alpha value is -2.96. The third-order valence-corrected chi connectivity index (χ3v) is 5.13. The van der Waals surface area contributed by atoms with Crippen LogP contribution in [0.3, 0.4) is 0 Å². The highest BCUT2D eigenvalue weighted by Gasteiger charge is 2.28. The number of benzene rings is 1. The first kappa shape index (κ1) is 18.8. The van der Waals surface area contributed by atoms with Crippen molar-refractivity contribution in [2.75, 3.05) is 18.5 Å². The first-order valence-electron chi connectivity index (χ1n) is 9.05. The molecule has 1 aliphatic heterocycles. The lowest BCUT2D eigenvalue weighted by Crippen LogP contribution is -2.37. The van der Waals surface area contributed by atoms with Crippen molar-refractivity contribution in [3.63, 3.8) is 0 Å². The maximum atomic E-state index is 12.3. The molecule has 0 fully saturated rings. The van der Waals surface area contributed by atoms with Crippen molar-refractivity contribution in [3.05, 3.63) is 57.3 Å². The summed E-state index contributed by atoms with van der Waals surface area (Å²) in [4.78, 5) is 44.1. The Bertz CT molecular complexity index is 909. The summed E-state index contributed by atoms with van der Waals surface area (Å²) < 4.78 is 0. The number of nitrogens with one attached hydrogen (secondary N) is 2. The minimum Gasteiger partial charge on any atom is -0.355 e. The van der Waals surface area contributed by atoms with E-state index in [2.05, 4.69) is 15.3 Å². The number of carbonyl (C=O) groups is 2. The summed E-state index contributed by atoms with van der Waals surface area (Å²) in [7, 11) is 1.78. The number of aromatic nitrogens is 2. The second kappa shape index (κ2) is 7.73. The van der Waals surface area contributed by atoms with Gasteiger partial charge in [-0.05, 0) is 37.5 Å². The Morgan fingerprint density at radius 1 is 1.30 bits per heavy atom. The number of rotatable bonds is 5. The molecule has 0 aliphatic carbocycles. The van der Waals surface area contributed by atoms with Crippen LogP contribution in [-0.4, -0.2) is 35.4 Å². The van der Waals surface area contributed by atoms with E-state index in [-0.39, 0.29) is 23.4 Å². The zero-order valence-electron chi connectivity index (χ0n) is 15.8. The van der Waals surface area contributed by atoms with Crippen molar-refractivity contribution in [2.45, 2.75) is 39.0 Å². The van der Waals surface area contributed by atoms with Crippen LogP contribution in [0.4, 0.5) is 5.69 Å². The summed E-state index contributed by atoms with van der Waals surface area (Å²) in [6.07, 6.45) is 1.20. The minimum absolute atomic E-state index is 0.0212. The maximum Gasteiger partial charge on any atom is 0.345 e. The van der Waals surface area contributed by atoms with Crippen LogP contribution in [0.15, 0.2) is 29.1 Å². The maximum absolute atomic E-state index is 12.3. The zero-order valence-corrected chi connectivity index (χ0v) is 15.8. The molecule has 27 heavy (non-hydrogen) atoms. The average molecular weight is 368 g/mol. The average Bonchev–Trinajstić information content (AvgIpc) is 2.62. The van der Waals surface area contributed by atoms with Crippen molar-refractivity contribution in [1.82, 2.24) is 15.3 Å². The lowest BCUT2D eigenvalue weighted by atomic mass is 9.89. The Balaban J connectivity index is 1.61. The topological polar surface area (TPSA) is 95.2 Å². The third kappa shape index (κ3) is 4.07. The van der Waals surface area contributed by atoms with E-state index < -0.39 is 0 Å². The summed E-state index contributed by atoms with van der Waals surface area (Å²) in [6.45, 7) is 4.01. The van der Waals surface area contributed by atoms with Crippen molar-refractivity contribution >= 4 is 17.5 Å². The smallest absolute Gasteiger partial charge is 0.345 e. The third-order valence-electron chi connectivity index (χ3n) is 5.13. The first-order chi connectivity index (χ1) is 12.9. The molecule has 0 bridgehead atoms. The molecule has 142 valence electrons. The van der Waals surface area contributed by atoms with Gasteiger partial charge in [0.1, 0.15) is 0 Å². The molecule has 0 spiro atoms. The van der Waals surface area contributed by atoms with Crippen molar-refractivity contribution in [2.24, 2.45) is 0 Å². The van der Waals surface area contributed by atoms with Crippen LogP contribution < -0.4 is 15.9 Å². The molecule has 2 N–H and O–H groups in total. The number of nitrogens with zero attached hydrogens (tertiary/aromatic N) is 2. The van der Waals surface area contributed by atoms with Crippen LogP contribution in [0.2, 0.25) is 0 Å². The van der Waals surface area contributed by atoms with Gasteiger partial charge in [-0.1, -0.05) is 18.2 Å². The number of amides is 2. The highest BCUT2D eigenvalue weighted by atomic mass is 16.2. The number of hydrogen-bond acceptors (Lipinski definition) is 4. The van der Waals surface area contributed by atoms with Gasteiger partial charge in [-0.2, -0.15) is 4.98 Å². The normalized spacial score (nSPS) is 16.2. The Morgan fingerprint density at radius 2 is 2.04 bits per heavy atom. The molecule has 1 aromatic heterocycles. The fourth-order valence-corrected chi connectivity index (χ4v) is 3.60. The van der Waals surface area contributed by atoms with Crippen molar-refractivity contribution in [3.8, 4) is 0 Å². The number of para-hydroxylation sites is 1. The quantitative estimate of drug-likeness (QED) is 0.838. The van der Waals surface area contributed by atoms with Gasteiger partial charge in [-0.3, -0.25) is 9.59 Å². The van der Waals surface area contributed by atoms with Gasteiger partial charge in [0.25, 0.3) is 0 Å². The monoisotopic (exact) mass is 368 g/mol. The molecule has 3 rings (SSSR count). The Kier molecular flexibility index (Phi) is 5.39. The number of H-pyrrole nitrogens is 1. The number of aryl methyl sites for hydroxylation is 2. The van der Waals surface area contributed by atoms with Crippen LogP contribution in [0.25, 0.3) is 0 Å². The highest BCUT2D eigenvalue weighted by molar-refractivity contribution is 5.96. The summed E-state index contributed by atoms with van der Waals surface area (Å²) >= 11 is 0. The van der Waals surface area contributed by atoms with Gasteiger partial charge in [-0.25, -0.2) is 4.79 Å². The predicted octanol–water partition coefficient (Wildman–Crippen LogP) is 1.59. The molecule has 2 heterocycles. The molecule has 0 saturated heterocycles. The summed E-state index contributed by atoms with van der Waals surface area (Å²) in [5.41, 5.74) is 3.90. The molecule has 7 nitrogen and oxygen atoms in total. The van der Waals surface area contributed by atoms with Crippen LogP contribution in [-0.2, 0) is 16.0 Å². The zero-order chi connectivity index (χ0) is 19.6. The summed E-state index contributed by atoms with van der Waals surface area (Å²) in [5, 5.41) is 2.95. The fraction of sp³-hybridized carbons (Fsp3) is 0.400. The lowest BCUT2D eigenvalue weighted by molar-refractivity contribution is -0.122. The number of carbonyl (C=O) groups excluding carboxylic acids is 2. The minimum atomic E-state index is -0.371. The molecule has 0 unspecified atom stereocenters. The summed E-state index contributed by atoms with van der Waals surface area (Å²) in [6, 6.07) is 7.79. The lowest BCUT2D eigenvalue weighted by Gasteiger charge is -2.31. The van der Waals surface area contributed by atoms with Gasteiger partial charge in [0.2, 0.25) is 11.8 Å². The largest absolute Gasteiger partial charge is 0.355 e. The number of hydrogen-bond donors (Lipinski definition) is 2. The van der Waals surface area contributed by atoms with E-state index in [0.29, 0.717) is 31.5 Å². The molecule has 0 saturated carbocycles. The molecular weight excluding hydrogens is 344 g/mol. The first-order valence-corrected chi connectivity index (χ1v) is 9.05. The summed E-state index contributed by atoms with van der Waals surface area (Å²) in [5.74, 6) is -0.0468. The van der Waals surface area contributed by atoms with E-state index >= 15 is 0 Å². The van der Waals surface area contributed by atoms with Crippen molar-refractivity contribution in [1.29, 1.82) is 0 Å². The number of fused-ring (bicyclic) bond motifs is 1. The van der Waals surface area contributed by atoms with E-state index in [1.807, 2.05) is 31.2 Å². The van der Waals surface area contributed by atoms with Gasteiger partial charge in [0.15, 0.2) is 0 Å². The van der Waals surface area contributed by atoms with Gasteiger partial charge >= 0.3 is 5.69 Å². The van der Waals surface area contributed by atoms with E-state index in [0.717, 1.165) is 22.5 Å². The van der Waals surface area contributed by atoms with Gasteiger partial charge in [-0.15, -0.1) is 0 Å². The SMILES string of the molecule is Cc1nc(=O)[nH]c(C)c1CCC(=O)NC[C@@H]1CC(=O)N(C)c2ccccc21.